The molecule has 0 unspecified atom stereocenters. The molecule has 1 heterocycles. The Bertz CT molecular complexity index is 534. The Morgan fingerprint density at radius 1 is 1.17 bits per heavy atom. The molecule has 0 fully saturated rings. The Morgan fingerprint density at radius 2 is 1.78 bits per heavy atom. The van der Waals surface area contributed by atoms with E-state index < -0.39 is 11.6 Å². The molecule has 0 spiro atoms. The second-order valence-electron chi connectivity index (χ2n) is 3.81. The predicted octanol–water partition coefficient (Wildman–Crippen LogP) is 1.66. The number of hydrogen-bond acceptors (Lipinski definition) is 3. The molecule has 2 aromatic rings. The van der Waals surface area contributed by atoms with Crippen LogP contribution >= 0.6 is 0 Å². The molecule has 4 nitrogen and oxygen atoms in total. The number of aromatic nitrogens is 3. The lowest BCUT2D eigenvalue weighted by molar-refractivity contribution is 0.264. The number of aliphatic hydroxyl groups excluding tert-OH is 1. The van der Waals surface area contributed by atoms with Gasteiger partial charge in [-0.05, 0) is 19.1 Å². The molecule has 0 saturated carbocycles. The fraction of sp³-hybridized carbons (Fsp3) is 0.333. The smallest absolute Gasteiger partial charge is 0.158 e. The summed E-state index contributed by atoms with van der Waals surface area (Å²) < 4.78 is 28.7. The maximum absolute atomic E-state index is 13.5. The molecule has 1 aromatic heterocycles. The van der Waals surface area contributed by atoms with Crippen LogP contribution < -0.4 is 0 Å². The second kappa shape index (κ2) is 5.22. The highest BCUT2D eigenvalue weighted by Gasteiger charge is 2.15. The van der Waals surface area contributed by atoms with Crippen LogP contribution in [0.5, 0.6) is 0 Å². The quantitative estimate of drug-likeness (QED) is 0.901. The van der Waals surface area contributed by atoms with Crippen molar-refractivity contribution in [3.05, 3.63) is 47.0 Å². The maximum atomic E-state index is 13.5. The van der Waals surface area contributed by atoms with E-state index in [1.54, 1.807) is 4.57 Å². The van der Waals surface area contributed by atoms with Crippen molar-refractivity contribution in [2.24, 2.45) is 0 Å². The zero-order valence-corrected chi connectivity index (χ0v) is 9.90. The molecule has 0 saturated heterocycles. The van der Waals surface area contributed by atoms with Gasteiger partial charge in [-0.2, -0.15) is 0 Å². The van der Waals surface area contributed by atoms with Gasteiger partial charge in [0.05, 0.1) is 0 Å². The molecule has 0 aliphatic carbocycles. The van der Waals surface area contributed by atoms with Crippen LogP contribution in [0.2, 0.25) is 0 Å². The van der Waals surface area contributed by atoms with Gasteiger partial charge in [0.2, 0.25) is 0 Å². The largest absolute Gasteiger partial charge is 0.388 e. The minimum absolute atomic E-state index is 0.0132. The summed E-state index contributed by atoms with van der Waals surface area (Å²) in [5.41, 5.74) is -0.0379. The Hall–Kier alpha value is -1.82. The van der Waals surface area contributed by atoms with Crippen molar-refractivity contribution >= 4 is 0 Å². The van der Waals surface area contributed by atoms with Gasteiger partial charge in [-0.15, -0.1) is 10.2 Å². The molecule has 2 rings (SSSR count). The van der Waals surface area contributed by atoms with E-state index in [2.05, 4.69) is 10.2 Å². The average Bonchev–Trinajstić information content (AvgIpc) is 2.75. The average molecular weight is 253 g/mol. The van der Waals surface area contributed by atoms with Crippen LogP contribution in [0.25, 0.3) is 0 Å². The van der Waals surface area contributed by atoms with Gasteiger partial charge in [0.25, 0.3) is 0 Å². The van der Waals surface area contributed by atoms with Crippen LogP contribution in [-0.4, -0.2) is 19.9 Å². The lowest BCUT2D eigenvalue weighted by Gasteiger charge is -2.07. The molecule has 0 atom stereocenters. The summed E-state index contributed by atoms with van der Waals surface area (Å²) in [6.07, 6.45) is 0.0132. The van der Waals surface area contributed by atoms with Crippen LogP contribution in [0.15, 0.2) is 18.2 Å². The zero-order valence-electron chi connectivity index (χ0n) is 9.90. The van der Waals surface area contributed by atoms with E-state index in [-0.39, 0.29) is 18.6 Å². The van der Waals surface area contributed by atoms with Crippen molar-refractivity contribution in [2.45, 2.75) is 26.5 Å². The maximum Gasteiger partial charge on any atom is 0.158 e. The van der Waals surface area contributed by atoms with E-state index in [9.17, 15) is 8.78 Å². The lowest BCUT2D eigenvalue weighted by Crippen LogP contribution is -2.08. The van der Waals surface area contributed by atoms with Crippen LogP contribution in [0.3, 0.4) is 0 Å². The number of hydrogen-bond donors (Lipinski definition) is 1. The second-order valence-corrected chi connectivity index (χ2v) is 3.81. The molecule has 96 valence electrons. The molecule has 0 aliphatic heterocycles. The van der Waals surface area contributed by atoms with Gasteiger partial charge in [-0.3, -0.25) is 0 Å². The summed E-state index contributed by atoms with van der Waals surface area (Å²) in [7, 11) is 0. The van der Waals surface area contributed by atoms with Gasteiger partial charge in [0.1, 0.15) is 24.1 Å². The fourth-order valence-electron chi connectivity index (χ4n) is 1.84. The van der Waals surface area contributed by atoms with E-state index in [4.69, 9.17) is 5.11 Å². The molecule has 0 radical (unpaired) electrons. The molecular formula is C12H13F2N3O. The van der Waals surface area contributed by atoms with Gasteiger partial charge in [-0.1, -0.05) is 6.07 Å². The van der Waals surface area contributed by atoms with Crippen molar-refractivity contribution in [1.82, 2.24) is 14.8 Å². The van der Waals surface area contributed by atoms with E-state index >= 15 is 0 Å². The highest BCUT2D eigenvalue weighted by atomic mass is 19.1. The molecule has 0 bridgehead atoms. The Balaban J connectivity index is 2.37. The minimum Gasteiger partial charge on any atom is -0.388 e. The van der Waals surface area contributed by atoms with E-state index in [0.717, 1.165) is 0 Å². The van der Waals surface area contributed by atoms with Crippen molar-refractivity contribution < 1.29 is 13.9 Å². The monoisotopic (exact) mass is 253 g/mol. The molecule has 18 heavy (non-hydrogen) atoms. The topological polar surface area (TPSA) is 50.9 Å². The Morgan fingerprint density at radius 3 is 2.33 bits per heavy atom. The van der Waals surface area contributed by atoms with Gasteiger partial charge >= 0.3 is 0 Å². The summed E-state index contributed by atoms with van der Waals surface area (Å²) in [5.74, 6) is -0.382. The van der Waals surface area contributed by atoms with Crippen LogP contribution in [0.1, 0.15) is 24.1 Å². The summed E-state index contributed by atoms with van der Waals surface area (Å²) in [5, 5.41) is 16.7. The van der Waals surface area contributed by atoms with E-state index in [0.29, 0.717) is 18.2 Å². The first kappa shape index (κ1) is 12.6. The third kappa shape index (κ3) is 2.24. The van der Waals surface area contributed by atoms with E-state index in [1.807, 2.05) is 6.92 Å². The number of aliphatic hydroxyl groups is 1. The van der Waals surface area contributed by atoms with Gasteiger partial charge < -0.3 is 9.67 Å². The number of halogens is 2. The Kier molecular flexibility index (Phi) is 3.66. The number of rotatable bonds is 4. The standard InChI is InChI=1S/C12H13F2N3O/c1-2-17-11(15-16-12(17)7-18)6-8-9(13)4-3-5-10(8)14/h3-5,18H,2,6-7H2,1H3. The van der Waals surface area contributed by atoms with Gasteiger partial charge in [0, 0.05) is 18.5 Å². The first-order chi connectivity index (χ1) is 8.67. The fourth-order valence-corrected chi connectivity index (χ4v) is 1.84. The third-order valence-electron chi connectivity index (χ3n) is 2.76. The first-order valence-corrected chi connectivity index (χ1v) is 5.62. The predicted molar refractivity (Wildman–Crippen MR) is 60.8 cm³/mol. The van der Waals surface area contributed by atoms with Crippen molar-refractivity contribution in [1.29, 1.82) is 0 Å². The van der Waals surface area contributed by atoms with Crippen LogP contribution in [0, 0.1) is 11.6 Å². The van der Waals surface area contributed by atoms with Gasteiger partial charge in [-0.25, -0.2) is 8.78 Å². The molecule has 0 amide bonds. The normalized spacial score (nSPS) is 10.9. The molecule has 6 heteroatoms. The highest BCUT2D eigenvalue weighted by molar-refractivity contribution is 5.23. The first-order valence-electron chi connectivity index (χ1n) is 5.62. The SMILES string of the molecule is CCn1c(CO)nnc1Cc1c(F)cccc1F. The van der Waals surface area contributed by atoms with Crippen LogP contribution in [0.4, 0.5) is 8.78 Å². The van der Waals surface area contributed by atoms with Crippen molar-refractivity contribution in [3.63, 3.8) is 0 Å². The van der Waals surface area contributed by atoms with Crippen molar-refractivity contribution in [2.75, 3.05) is 0 Å². The van der Waals surface area contributed by atoms with Crippen molar-refractivity contribution in [3.8, 4) is 0 Å². The molecule has 1 aromatic carbocycles. The molecule has 1 N–H and O–H groups in total. The summed E-state index contributed by atoms with van der Waals surface area (Å²) in [6, 6.07) is 3.73. The van der Waals surface area contributed by atoms with E-state index in [1.165, 1.54) is 18.2 Å². The summed E-state index contributed by atoms with van der Waals surface area (Å²) in [4.78, 5) is 0. The number of benzene rings is 1. The van der Waals surface area contributed by atoms with Gasteiger partial charge in [0.15, 0.2) is 5.82 Å². The molecular weight excluding hydrogens is 240 g/mol. The summed E-state index contributed by atoms with van der Waals surface area (Å²) in [6.45, 7) is 2.14. The Labute approximate surface area is 103 Å². The summed E-state index contributed by atoms with van der Waals surface area (Å²) >= 11 is 0. The number of nitrogens with zero attached hydrogens (tertiary/aromatic N) is 3. The minimum atomic E-state index is -0.605. The van der Waals surface area contributed by atoms with Crippen LogP contribution in [-0.2, 0) is 19.6 Å². The zero-order chi connectivity index (χ0) is 13.1. The lowest BCUT2D eigenvalue weighted by atomic mass is 10.1. The highest BCUT2D eigenvalue weighted by Crippen LogP contribution is 2.16. The third-order valence-corrected chi connectivity index (χ3v) is 2.76. The molecule has 0 aliphatic rings.